The molecular formula is C15H18O2. The monoisotopic (exact) mass is 230 g/mol. The van der Waals surface area contributed by atoms with Gasteiger partial charge < -0.3 is 9.52 Å². The van der Waals surface area contributed by atoms with Crippen LogP contribution in [0.4, 0.5) is 0 Å². The minimum Gasteiger partial charge on any atom is -0.463 e. The zero-order chi connectivity index (χ0) is 12.4. The van der Waals surface area contributed by atoms with Crippen LogP contribution in [0.3, 0.4) is 0 Å². The molecule has 0 saturated heterocycles. The van der Waals surface area contributed by atoms with Gasteiger partial charge in [-0.2, -0.15) is 0 Å². The Kier molecular flexibility index (Phi) is 3.34. The molecule has 1 aromatic heterocycles. The van der Waals surface area contributed by atoms with Gasteiger partial charge in [0.25, 0.3) is 0 Å². The van der Waals surface area contributed by atoms with E-state index in [4.69, 9.17) is 4.42 Å². The Morgan fingerprint density at radius 3 is 2.35 bits per heavy atom. The molecule has 17 heavy (non-hydrogen) atoms. The van der Waals surface area contributed by atoms with Crippen molar-refractivity contribution in [1.82, 2.24) is 0 Å². The molecule has 0 radical (unpaired) electrons. The Morgan fingerprint density at radius 2 is 1.76 bits per heavy atom. The first kappa shape index (κ1) is 11.9. The summed E-state index contributed by atoms with van der Waals surface area (Å²) >= 11 is 0. The highest BCUT2D eigenvalue weighted by Crippen LogP contribution is 2.26. The van der Waals surface area contributed by atoms with Gasteiger partial charge >= 0.3 is 0 Å². The molecule has 1 atom stereocenters. The molecule has 0 unspecified atom stereocenters. The number of furan rings is 1. The highest BCUT2D eigenvalue weighted by atomic mass is 16.4. The van der Waals surface area contributed by atoms with Crippen LogP contribution in [0.25, 0.3) is 0 Å². The molecule has 0 fully saturated rings. The minimum absolute atomic E-state index is 0.459. The van der Waals surface area contributed by atoms with Crippen molar-refractivity contribution in [2.45, 2.75) is 32.8 Å². The molecule has 2 nitrogen and oxygen atoms in total. The largest absolute Gasteiger partial charge is 0.463 e. The highest BCUT2D eigenvalue weighted by Gasteiger charge is 2.14. The molecule has 1 N–H and O–H groups in total. The van der Waals surface area contributed by atoms with Crippen molar-refractivity contribution in [1.29, 1.82) is 0 Å². The average Bonchev–Trinajstić information content (AvgIpc) is 2.75. The first-order chi connectivity index (χ1) is 8.08. The van der Waals surface area contributed by atoms with Crippen molar-refractivity contribution in [2.24, 2.45) is 0 Å². The number of hydrogen-bond donors (Lipinski definition) is 1. The summed E-state index contributed by atoms with van der Waals surface area (Å²) in [6.45, 7) is 6.16. The predicted molar refractivity (Wildman–Crippen MR) is 68.0 cm³/mol. The lowest BCUT2D eigenvalue weighted by Crippen LogP contribution is -1.99. The second kappa shape index (κ2) is 4.76. The van der Waals surface area contributed by atoms with Crippen molar-refractivity contribution in [3.8, 4) is 0 Å². The van der Waals surface area contributed by atoms with Crippen molar-refractivity contribution in [3.63, 3.8) is 0 Å². The normalized spacial score (nSPS) is 13.0. The first-order valence-electron chi connectivity index (χ1n) is 5.92. The molecule has 0 bridgehead atoms. The van der Waals surface area contributed by atoms with Crippen molar-refractivity contribution >= 4 is 0 Å². The third kappa shape index (κ3) is 2.59. The van der Waals surface area contributed by atoms with E-state index in [0.717, 1.165) is 11.3 Å². The van der Waals surface area contributed by atoms with Crippen LogP contribution in [0.1, 0.15) is 48.5 Å². The van der Waals surface area contributed by atoms with Crippen molar-refractivity contribution in [2.75, 3.05) is 0 Å². The summed E-state index contributed by atoms with van der Waals surface area (Å²) in [6, 6.07) is 11.7. The number of aliphatic hydroxyl groups is 1. The summed E-state index contributed by atoms with van der Waals surface area (Å²) in [6.07, 6.45) is -0.678. The third-order valence-electron chi connectivity index (χ3n) is 2.92. The van der Waals surface area contributed by atoms with Crippen LogP contribution in [0, 0.1) is 6.92 Å². The predicted octanol–water partition coefficient (Wildman–Crippen LogP) is 3.79. The van der Waals surface area contributed by atoms with Crippen LogP contribution < -0.4 is 0 Å². The lowest BCUT2D eigenvalue weighted by atomic mass is 9.98. The van der Waals surface area contributed by atoms with Crippen molar-refractivity contribution in [3.05, 3.63) is 59.0 Å². The molecular weight excluding hydrogens is 212 g/mol. The summed E-state index contributed by atoms with van der Waals surface area (Å²) in [5.41, 5.74) is 2.11. The number of rotatable bonds is 3. The summed E-state index contributed by atoms with van der Waals surface area (Å²) in [7, 11) is 0. The molecule has 1 heterocycles. The van der Waals surface area contributed by atoms with E-state index in [1.165, 1.54) is 5.56 Å². The fourth-order valence-electron chi connectivity index (χ4n) is 1.85. The van der Waals surface area contributed by atoms with Crippen molar-refractivity contribution < 1.29 is 9.52 Å². The van der Waals surface area contributed by atoms with E-state index in [1.54, 1.807) is 0 Å². The second-order valence-electron chi connectivity index (χ2n) is 4.68. The minimum atomic E-state index is -0.678. The summed E-state index contributed by atoms with van der Waals surface area (Å²) in [4.78, 5) is 0. The SMILES string of the molecule is Cc1ccc([C@H](O)c2cccc(C(C)C)c2)o1. The maximum atomic E-state index is 10.2. The molecule has 0 spiro atoms. The maximum absolute atomic E-state index is 10.2. The summed E-state index contributed by atoms with van der Waals surface area (Å²) in [5.74, 6) is 1.88. The van der Waals surface area contributed by atoms with Crippen LogP contribution in [0.5, 0.6) is 0 Å². The molecule has 0 aliphatic heterocycles. The molecule has 2 rings (SSSR count). The molecule has 2 aromatic rings. The van der Waals surface area contributed by atoms with E-state index in [0.29, 0.717) is 11.7 Å². The summed E-state index contributed by atoms with van der Waals surface area (Å²) < 4.78 is 5.45. The molecule has 1 aromatic carbocycles. The van der Waals surface area contributed by atoms with Gasteiger partial charge in [-0.15, -0.1) is 0 Å². The highest BCUT2D eigenvalue weighted by molar-refractivity contribution is 5.31. The quantitative estimate of drug-likeness (QED) is 0.870. The van der Waals surface area contributed by atoms with E-state index >= 15 is 0 Å². The molecule has 0 aliphatic rings. The summed E-state index contributed by atoms with van der Waals surface area (Å²) in [5, 5.41) is 10.2. The van der Waals surface area contributed by atoms with Gasteiger partial charge in [-0.3, -0.25) is 0 Å². The van der Waals surface area contributed by atoms with Gasteiger partial charge in [-0.05, 0) is 36.1 Å². The smallest absolute Gasteiger partial charge is 0.137 e. The fourth-order valence-corrected chi connectivity index (χ4v) is 1.85. The van der Waals surface area contributed by atoms with Gasteiger partial charge in [0.2, 0.25) is 0 Å². The Morgan fingerprint density at radius 1 is 1.06 bits per heavy atom. The Labute approximate surface area is 102 Å². The van der Waals surface area contributed by atoms with E-state index in [9.17, 15) is 5.11 Å². The standard InChI is InChI=1S/C15H18O2/c1-10(2)12-5-4-6-13(9-12)15(16)14-8-7-11(3)17-14/h4-10,15-16H,1-3H3/t15-/m1/s1. The van der Waals surface area contributed by atoms with Gasteiger partial charge in [0, 0.05) is 0 Å². The van der Waals surface area contributed by atoms with E-state index in [2.05, 4.69) is 19.9 Å². The van der Waals surface area contributed by atoms with Crippen LogP contribution in [-0.2, 0) is 0 Å². The number of aliphatic hydroxyl groups excluding tert-OH is 1. The van der Waals surface area contributed by atoms with Crippen LogP contribution >= 0.6 is 0 Å². The number of benzene rings is 1. The molecule has 0 saturated carbocycles. The molecule has 90 valence electrons. The molecule has 2 heteroatoms. The lowest BCUT2D eigenvalue weighted by molar-refractivity contribution is 0.187. The third-order valence-corrected chi connectivity index (χ3v) is 2.92. The average molecular weight is 230 g/mol. The van der Waals surface area contributed by atoms with Gasteiger partial charge in [0.15, 0.2) is 0 Å². The zero-order valence-corrected chi connectivity index (χ0v) is 10.5. The first-order valence-corrected chi connectivity index (χ1v) is 5.92. The fraction of sp³-hybridized carbons (Fsp3) is 0.333. The van der Waals surface area contributed by atoms with Gasteiger partial charge in [-0.25, -0.2) is 0 Å². The Bertz CT molecular complexity index is 497. The van der Waals surface area contributed by atoms with E-state index < -0.39 is 6.10 Å². The lowest BCUT2D eigenvalue weighted by Gasteiger charge is -2.11. The zero-order valence-electron chi connectivity index (χ0n) is 10.5. The second-order valence-corrected chi connectivity index (χ2v) is 4.68. The van der Waals surface area contributed by atoms with E-state index in [-0.39, 0.29) is 0 Å². The Hall–Kier alpha value is -1.54. The number of hydrogen-bond acceptors (Lipinski definition) is 2. The number of aryl methyl sites for hydroxylation is 1. The van der Waals surface area contributed by atoms with Gasteiger partial charge in [0.05, 0.1) is 0 Å². The van der Waals surface area contributed by atoms with Gasteiger partial charge in [0.1, 0.15) is 17.6 Å². The van der Waals surface area contributed by atoms with Crippen LogP contribution in [0.15, 0.2) is 40.8 Å². The van der Waals surface area contributed by atoms with Crippen LogP contribution in [0.2, 0.25) is 0 Å². The Balaban J connectivity index is 2.30. The van der Waals surface area contributed by atoms with E-state index in [1.807, 2.05) is 37.3 Å². The van der Waals surface area contributed by atoms with Crippen LogP contribution in [-0.4, -0.2) is 5.11 Å². The maximum Gasteiger partial charge on any atom is 0.137 e. The van der Waals surface area contributed by atoms with Gasteiger partial charge in [-0.1, -0.05) is 38.1 Å². The molecule has 0 amide bonds. The molecule has 0 aliphatic carbocycles. The topological polar surface area (TPSA) is 33.4 Å².